The molecular formula is C24H42O6. The van der Waals surface area contributed by atoms with Gasteiger partial charge in [0, 0.05) is 16.2 Å². The fraction of sp³-hybridized carbons (Fsp3) is 0.917. The molecule has 0 amide bonds. The topological polar surface area (TPSA) is 55.4 Å². The van der Waals surface area contributed by atoms with Crippen molar-refractivity contribution in [3.8, 4) is 0 Å². The maximum absolute atomic E-state index is 6.23. The second-order valence-electron chi connectivity index (χ2n) is 10.1. The minimum Gasteiger partial charge on any atom is -0.380 e. The fourth-order valence-electron chi connectivity index (χ4n) is 4.05. The van der Waals surface area contributed by atoms with E-state index in [1.165, 1.54) is 0 Å². The number of ether oxygens (including phenoxy) is 6. The molecule has 0 N–H and O–H groups in total. The second-order valence-corrected chi connectivity index (χ2v) is 10.1. The third-order valence-electron chi connectivity index (χ3n) is 7.53. The molecule has 0 aromatic rings. The Morgan fingerprint density at radius 2 is 0.967 bits per heavy atom. The molecule has 30 heavy (non-hydrogen) atoms. The molecule has 0 aromatic carbocycles. The maximum atomic E-state index is 6.23. The van der Waals surface area contributed by atoms with E-state index >= 15 is 0 Å². The molecule has 174 valence electrons. The summed E-state index contributed by atoms with van der Waals surface area (Å²) in [6.07, 6.45) is 5.17. The summed E-state index contributed by atoms with van der Waals surface area (Å²) in [4.78, 5) is 0. The molecule has 3 saturated heterocycles. The zero-order chi connectivity index (χ0) is 21.6. The Labute approximate surface area is 182 Å². The van der Waals surface area contributed by atoms with Crippen molar-refractivity contribution < 1.29 is 28.4 Å². The van der Waals surface area contributed by atoms with Gasteiger partial charge in [0.15, 0.2) is 0 Å². The molecule has 3 aliphatic rings. The lowest BCUT2D eigenvalue weighted by atomic mass is 9.83. The van der Waals surface area contributed by atoms with Crippen molar-refractivity contribution in [2.24, 2.45) is 21.7 Å². The van der Waals surface area contributed by atoms with Crippen LogP contribution in [0.3, 0.4) is 0 Å². The van der Waals surface area contributed by atoms with E-state index in [2.05, 4.69) is 27.4 Å². The Morgan fingerprint density at radius 3 is 1.13 bits per heavy atom. The molecule has 0 radical (unpaired) electrons. The normalized spacial score (nSPS) is 23.8. The largest absolute Gasteiger partial charge is 0.380 e. The standard InChI is InChI=1S/C24H42O6/c1-5-21(9-25-10-21)15-28-18-24(8-4,19-29-16-22(6-2)11-26-12-22)20-30-17-23(7-3)13-27-14-23/h8H,4-7,9-20H2,1-3H3. The molecule has 3 heterocycles. The van der Waals surface area contributed by atoms with Crippen molar-refractivity contribution >= 4 is 0 Å². The van der Waals surface area contributed by atoms with Crippen molar-refractivity contribution in [1.29, 1.82) is 0 Å². The Morgan fingerprint density at radius 1 is 0.667 bits per heavy atom. The quantitative estimate of drug-likeness (QED) is 0.352. The molecule has 0 aliphatic carbocycles. The Kier molecular flexibility index (Phi) is 8.38. The van der Waals surface area contributed by atoms with Gasteiger partial charge in [0.1, 0.15) is 0 Å². The van der Waals surface area contributed by atoms with Crippen molar-refractivity contribution in [3.63, 3.8) is 0 Å². The van der Waals surface area contributed by atoms with Crippen LogP contribution in [-0.2, 0) is 28.4 Å². The van der Waals surface area contributed by atoms with Gasteiger partial charge < -0.3 is 28.4 Å². The van der Waals surface area contributed by atoms with Crippen LogP contribution in [0.15, 0.2) is 12.7 Å². The van der Waals surface area contributed by atoms with Crippen LogP contribution in [0.1, 0.15) is 40.0 Å². The first-order chi connectivity index (χ1) is 14.5. The average molecular weight is 427 g/mol. The Balaban J connectivity index is 1.54. The highest BCUT2D eigenvalue weighted by molar-refractivity contribution is 4.97. The van der Waals surface area contributed by atoms with E-state index in [4.69, 9.17) is 28.4 Å². The summed E-state index contributed by atoms with van der Waals surface area (Å²) in [5.41, 5.74) is 0.137. The number of hydrogen-bond acceptors (Lipinski definition) is 6. The molecular weight excluding hydrogens is 384 g/mol. The SMILES string of the molecule is C=CC(COCC1(CC)COC1)(COCC1(CC)COC1)COCC1(CC)COC1. The van der Waals surface area contributed by atoms with Crippen LogP contribution in [0.5, 0.6) is 0 Å². The predicted octanol–water partition coefficient (Wildman–Crippen LogP) is 3.49. The zero-order valence-electron chi connectivity index (χ0n) is 19.3. The maximum Gasteiger partial charge on any atom is 0.0601 e. The van der Waals surface area contributed by atoms with Crippen LogP contribution in [0.2, 0.25) is 0 Å². The minimum absolute atomic E-state index is 0.166. The summed E-state index contributed by atoms with van der Waals surface area (Å²) in [6, 6.07) is 0. The first-order valence-corrected chi connectivity index (χ1v) is 11.6. The first-order valence-electron chi connectivity index (χ1n) is 11.6. The summed E-state index contributed by atoms with van der Waals surface area (Å²) in [6.45, 7) is 19.2. The summed E-state index contributed by atoms with van der Waals surface area (Å²) in [5.74, 6) is 0. The average Bonchev–Trinajstić information content (AvgIpc) is 2.67. The lowest BCUT2D eigenvalue weighted by molar-refractivity contribution is -0.180. The van der Waals surface area contributed by atoms with E-state index in [1.54, 1.807) is 0 Å². The lowest BCUT2D eigenvalue weighted by Gasteiger charge is -2.43. The second kappa shape index (κ2) is 10.4. The zero-order valence-corrected chi connectivity index (χ0v) is 19.3. The highest BCUT2D eigenvalue weighted by atomic mass is 16.5. The molecule has 0 unspecified atom stereocenters. The Hall–Kier alpha value is -0.500. The van der Waals surface area contributed by atoms with Gasteiger partial charge in [0.05, 0.1) is 84.7 Å². The molecule has 3 rings (SSSR count). The highest BCUT2D eigenvalue weighted by Gasteiger charge is 2.41. The minimum atomic E-state index is -0.362. The summed E-state index contributed by atoms with van der Waals surface area (Å²) in [7, 11) is 0. The smallest absolute Gasteiger partial charge is 0.0601 e. The van der Waals surface area contributed by atoms with Crippen LogP contribution in [0.25, 0.3) is 0 Å². The van der Waals surface area contributed by atoms with E-state index in [-0.39, 0.29) is 21.7 Å². The van der Waals surface area contributed by atoms with Crippen molar-refractivity contribution in [2.45, 2.75) is 40.0 Å². The van der Waals surface area contributed by atoms with Gasteiger partial charge in [0.25, 0.3) is 0 Å². The van der Waals surface area contributed by atoms with Crippen molar-refractivity contribution in [2.75, 3.05) is 79.3 Å². The molecule has 0 bridgehead atoms. The van der Waals surface area contributed by atoms with Gasteiger partial charge in [-0.15, -0.1) is 6.58 Å². The summed E-state index contributed by atoms with van der Waals surface area (Å²) < 4.78 is 35.0. The van der Waals surface area contributed by atoms with Crippen LogP contribution < -0.4 is 0 Å². The van der Waals surface area contributed by atoms with Crippen LogP contribution >= 0.6 is 0 Å². The molecule has 0 saturated carbocycles. The molecule has 6 heteroatoms. The molecule has 3 aliphatic heterocycles. The highest BCUT2D eigenvalue weighted by Crippen LogP contribution is 2.35. The van der Waals surface area contributed by atoms with E-state index in [9.17, 15) is 0 Å². The van der Waals surface area contributed by atoms with Gasteiger partial charge in [-0.25, -0.2) is 0 Å². The molecule has 0 spiro atoms. The summed E-state index contributed by atoms with van der Waals surface area (Å²) >= 11 is 0. The molecule has 6 nitrogen and oxygen atoms in total. The summed E-state index contributed by atoms with van der Waals surface area (Å²) in [5, 5.41) is 0. The fourth-order valence-corrected chi connectivity index (χ4v) is 4.05. The van der Waals surface area contributed by atoms with E-state index in [1.807, 2.05) is 6.08 Å². The van der Waals surface area contributed by atoms with E-state index < -0.39 is 0 Å². The predicted molar refractivity (Wildman–Crippen MR) is 116 cm³/mol. The molecule has 0 atom stereocenters. The van der Waals surface area contributed by atoms with Crippen molar-refractivity contribution in [1.82, 2.24) is 0 Å². The third-order valence-corrected chi connectivity index (χ3v) is 7.53. The van der Waals surface area contributed by atoms with Gasteiger partial charge in [-0.2, -0.15) is 0 Å². The van der Waals surface area contributed by atoms with E-state index in [0.717, 1.165) is 58.9 Å². The Bertz CT molecular complexity index is 450. The van der Waals surface area contributed by atoms with E-state index in [0.29, 0.717) is 39.6 Å². The van der Waals surface area contributed by atoms with Crippen LogP contribution in [-0.4, -0.2) is 79.3 Å². The third kappa shape index (κ3) is 5.45. The monoisotopic (exact) mass is 426 g/mol. The van der Waals surface area contributed by atoms with Gasteiger partial charge in [-0.1, -0.05) is 26.8 Å². The van der Waals surface area contributed by atoms with Crippen LogP contribution in [0, 0.1) is 21.7 Å². The van der Waals surface area contributed by atoms with Crippen LogP contribution in [0.4, 0.5) is 0 Å². The molecule has 3 fully saturated rings. The van der Waals surface area contributed by atoms with Gasteiger partial charge >= 0.3 is 0 Å². The first kappa shape index (κ1) is 24.1. The van der Waals surface area contributed by atoms with Gasteiger partial charge in [0.2, 0.25) is 0 Å². The lowest BCUT2D eigenvalue weighted by Crippen LogP contribution is -2.49. The molecule has 0 aromatic heterocycles. The van der Waals surface area contributed by atoms with Gasteiger partial charge in [-0.05, 0) is 19.3 Å². The van der Waals surface area contributed by atoms with Crippen molar-refractivity contribution in [3.05, 3.63) is 12.7 Å². The number of rotatable bonds is 16. The number of hydrogen-bond donors (Lipinski definition) is 0. The van der Waals surface area contributed by atoms with Gasteiger partial charge in [-0.3, -0.25) is 0 Å².